The summed E-state index contributed by atoms with van der Waals surface area (Å²) < 4.78 is 15.4. The van der Waals surface area contributed by atoms with Crippen LogP contribution in [0.5, 0.6) is 0 Å². The zero-order valence-electron chi connectivity index (χ0n) is 14.0. The van der Waals surface area contributed by atoms with Crippen LogP contribution in [0.15, 0.2) is 29.3 Å². The summed E-state index contributed by atoms with van der Waals surface area (Å²) in [4.78, 5) is 49.2. The van der Waals surface area contributed by atoms with Gasteiger partial charge < -0.3 is 28.9 Å². The molecule has 0 aromatic heterocycles. The highest BCUT2D eigenvalue weighted by atomic mass is 16.6. The topological polar surface area (TPSA) is 164 Å². The number of aryl methyl sites for hydroxylation is 1. The summed E-state index contributed by atoms with van der Waals surface area (Å²) in [6.07, 6.45) is -1.16. The van der Waals surface area contributed by atoms with Crippen LogP contribution in [0.3, 0.4) is 0 Å². The highest BCUT2D eigenvalue weighted by Gasteiger charge is 2.36. The lowest BCUT2D eigenvalue weighted by Crippen LogP contribution is -2.31. The summed E-state index contributed by atoms with van der Waals surface area (Å²) in [5.74, 6) is -1.17. The third kappa shape index (κ3) is 2.12. The van der Waals surface area contributed by atoms with Gasteiger partial charge in [-0.2, -0.15) is 0 Å². The number of cyclic esters (lactones) is 1. The molecule has 0 amide bonds. The van der Waals surface area contributed by atoms with Crippen LogP contribution < -0.4 is 26.9 Å². The number of aliphatic hydroxyl groups excluding tert-OH is 3. The molecule has 0 saturated carbocycles. The number of hydrogen-bond donors (Lipinski definition) is 3. The molecule has 0 bridgehead atoms. The highest BCUT2D eigenvalue weighted by Crippen LogP contribution is 2.26. The molecule has 0 aromatic carbocycles. The minimum absolute atomic E-state index is 0.157. The van der Waals surface area contributed by atoms with Gasteiger partial charge in [0.2, 0.25) is 11.7 Å². The smallest absolute Gasteiger partial charge is 0.347 e. The highest BCUT2D eigenvalue weighted by molar-refractivity contribution is 5.93. The summed E-state index contributed by atoms with van der Waals surface area (Å²) in [5, 5.41) is 27.8. The van der Waals surface area contributed by atoms with Gasteiger partial charge in [-0.25, -0.2) is 9.59 Å². The molecule has 142 valence electrons. The fourth-order valence-corrected chi connectivity index (χ4v) is 3.20. The normalized spacial score (nSPS) is 17.4. The predicted octanol–water partition coefficient (Wildman–Crippen LogP) is -1.54. The Morgan fingerprint density at radius 3 is 2.29 bits per heavy atom. The van der Waals surface area contributed by atoms with Gasteiger partial charge in [-0.15, -0.1) is 0 Å². The van der Waals surface area contributed by atoms with E-state index < -0.39 is 61.3 Å². The lowest BCUT2D eigenvalue weighted by atomic mass is 10.1. The molecule has 1 unspecified atom stereocenters. The molecule has 0 fully saturated rings. The molecule has 10 nitrogen and oxygen atoms in total. The molecule has 10 heteroatoms. The van der Waals surface area contributed by atoms with Crippen LogP contribution in [0.1, 0.15) is 27.8 Å². The van der Waals surface area contributed by atoms with Crippen molar-refractivity contribution in [2.24, 2.45) is 0 Å². The van der Waals surface area contributed by atoms with Crippen molar-refractivity contribution in [2.75, 3.05) is 0 Å². The molecule has 0 radical (unpaired) electrons. The predicted molar refractivity (Wildman–Crippen MR) is 88.9 cm³/mol. The fraction of sp³-hybridized carbons (Fsp3) is 0.111. The summed E-state index contributed by atoms with van der Waals surface area (Å²) in [5.41, 5.74) is -5.09. The van der Waals surface area contributed by atoms with E-state index >= 15 is 0 Å². The number of fused-ring (bicyclic) bond motifs is 2. The second kappa shape index (κ2) is 5.79. The van der Waals surface area contributed by atoms with E-state index in [0.29, 0.717) is 12.5 Å². The summed E-state index contributed by atoms with van der Waals surface area (Å²) in [6.45, 7) is 1.42. The van der Waals surface area contributed by atoms with Gasteiger partial charge in [0.25, 0.3) is 0 Å². The summed E-state index contributed by atoms with van der Waals surface area (Å²) >= 11 is 0. The van der Waals surface area contributed by atoms with E-state index in [0.717, 1.165) is 6.07 Å². The number of carbonyl (C=O) groups excluding carboxylic acids is 1. The van der Waals surface area contributed by atoms with E-state index in [1.807, 2.05) is 0 Å². The third-order valence-electron chi connectivity index (χ3n) is 4.45. The summed E-state index contributed by atoms with van der Waals surface area (Å²) in [6, 6.07) is 1.07. The van der Waals surface area contributed by atoms with Gasteiger partial charge in [0.1, 0.15) is 16.0 Å². The Kier molecular flexibility index (Phi) is 3.62. The van der Waals surface area contributed by atoms with Gasteiger partial charge in [-0.05, 0) is 18.6 Å². The average Bonchev–Trinajstić information content (AvgIpc) is 2.83. The molecule has 28 heavy (non-hydrogen) atoms. The Morgan fingerprint density at radius 2 is 1.64 bits per heavy atom. The standard InChI is InChI=1S/C18H10O10/c1-5-2-8(21)6(3-19)13-9(5)16(23)27-14-7(4-20)12(22)10-11(15(14)26-13)18(25)28-17(10)24/h2-4,18-20,25H,1H3. The van der Waals surface area contributed by atoms with E-state index in [2.05, 4.69) is 4.74 Å². The maximum Gasteiger partial charge on any atom is 0.347 e. The number of hydrogen-bond acceptors (Lipinski definition) is 10. The minimum atomic E-state index is -1.91. The van der Waals surface area contributed by atoms with Crippen LogP contribution >= 0.6 is 0 Å². The van der Waals surface area contributed by atoms with Crippen molar-refractivity contribution < 1.29 is 33.7 Å². The Bertz CT molecular complexity index is 1610. The second-order valence-electron chi connectivity index (χ2n) is 6.01. The molecule has 1 atom stereocenters. The number of rotatable bonds is 0. The Balaban J connectivity index is 2.58. The van der Waals surface area contributed by atoms with Gasteiger partial charge in [0.15, 0.2) is 21.7 Å². The minimum Gasteiger partial charge on any atom is -0.515 e. The van der Waals surface area contributed by atoms with Crippen LogP contribution in [0.2, 0.25) is 0 Å². The second-order valence-corrected chi connectivity index (χ2v) is 6.01. The molecule has 4 rings (SSSR count). The monoisotopic (exact) mass is 386 g/mol. The first-order chi connectivity index (χ1) is 13.3. The third-order valence-corrected chi connectivity index (χ3v) is 4.45. The molecule has 0 saturated heterocycles. The van der Waals surface area contributed by atoms with Crippen LogP contribution in [-0.2, 0) is 4.74 Å². The van der Waals surface area contributed by atoms with Gasteiger partial charge in [-0.1, -0.05) is 0 Å². The van der Waals surface area contributed by atoms with Crippen molar-refractivity contribution >= 4 is 18.5 Å². The van der Waals surface area contributed by atoms with Crippen molar-refractivity contribution in [3.63, 3.8) is 0 Å². The van der Waals surface area contributed by atoms with Crippen LogP contribution in [-0.4, -0.2) is 21.3 Å². The maximum absolute atomic E-state index is 12.6. The van der Waals surface area contributed by atoms with Gasteiger partial charge >= 0.3 is 11.6 Å². The van der Waals surface area contributed by atoms with E-state index in [1.165, 1.54) is 6.92 Å². The molecule has 2 aliphatic carbocycles. The molecule has 0 spiro atoms. The Labute approximate surface area is 151 Å². The van der Waals surface area contributed by atoms with Gasteiger partial charge in [0.05, 0.1) is 23.3 Å². The lowest BCUT2D eigenvalue weighted by molar-refractivity contribution is -0.0560. The van der Waals surface area contributed by atoms with Crippen molar-refractivity contribution in [3.05, 3.63) is 85.5 Å². The number of esters is 1. The van der Waals surface area contributed by atoms with E-state index in [1.54, 1.807) is 0 Å². The number of aliphatic hydroxyl groups is 3. The molecular formula is C18H10O10. The van der Waals surface area contributed by atoms with Crippen LogP contribution in [0.25, 0.3) is 12.5 Å². The SMILES string of the molecule is Cc1cc(=O)c(=CO)c2oc3c4c(c(=O)c(=CO)c=3oc(=O)c1=2)C(=O)OC4O. The maximum atomic E-state index is 12.6. The van der Waals surface area contributed by atoms with Gasteiger partial charge in [0, 0.05) is 0 Å². The fourth-order valence-electron chi connectivity index (χ4n) is 3.20. The van der Waals surface area contributed by atoms with Crippen LogP contribution in [0, 0.1) is 28.4 Å². The number of ether oxygens (including phenoxy) is 1. The zero-order valence-corrected chi connectivity index (χ0v) is 14.0. The quantitative estimate of drug-likeness (QED) is 0.386. The molecular weight excluding hydrogens is 376 g/mol. The largest absolute Gasteiger partial charge is 0.515 e. The molecule has 0 aromatic rings. The Morgan fingerprint density at radius 1 is 0.964 bits per heavy atom. The van der Waals surface area contributed by atoms with Crippen molar-refractivity contribution in [1.29, 1.82) is 0 Å². The average molecular weight is 386 g/mol. The Hall–Kier alpha value is -3.92. The first kappa shape index (κ1) is 17.5. The van der Waals surface area contributed by atoms with Crippen molar-refractivity contribution in [1.82, 2.24) is 0 Å². The lowest BCUT2D eigenvalue weighted by Gasteiger charge is -2.00. The first-order valence-electron chi connectivity index (χ1n) is 7.79. The number of carbonyl (C=O) groups is 1. The van der Waals surface area contributed by atoms with Crippen molar-refractivity contribution in [3.8, 4) is 0 Å². The van der Waals surface area contributed by atoms with E-state index in [4.69, 9.17) is 8.83 Å². The molecule has 4 aliphatic rings. The van der Waals surface area contributed by atoms with E-state index in [-0.39, 0.29) is 16.0 Å². The molecule has 2 heterocycles. The molecule has 2 aliphatic heterocycles. The zero-order chi connectivity index (χ0) is 20.3. The van der Waals surface area contributed by atoms with Crippen LogP contribution in [0.4, 0.5) is 0 Å². The molecule has 3 N–H and O–H groups in total. The summed E-state index contributed by atoms with van der Waals surface area (Å²) in [7, 11) is 0. The van der Waals surface area contributed by atoms with E-state index in [9.17, 15) is 34.5 Å². The first-order valence-corrected chi connectivity index (χ1v) is 7.79. The van der Waals surface area contributed by atoms with Gasteiger partial charge in [-0.3, -0.25) is 9.59 Å². The van der Waals surface area contributed by atoms with Crippen molar-refractivity contribution in [2.45, 2.75) is 13.2 Å².